The van der Waals surface area contributed by atoms with Gasteiger partial charge in [-0.15, -0.1) is 0 Å². The van der Waals surface area contributed by atoms with Gasteiger partial charge in [0, 0.05) is 17.0 Å². The minimum Gasteiger partial charge on any atom is -0.454 e. The predicted octanol–water partition coefficient (Wildman–Crippen LogP) is 4.18. The zero-order chi connectivity index (χ0) is 19.6. The number of ether oxygens (including phenoxy) is 1. The second-order valence-electron chi connectivity index (χ2n) is 5.54. The number of carbonyl (C=O) groups is 2. The van der Waals surface area contributed by atoms with E-state index >= 15 is 0 Å². The van der Waals surface area contributed by atoms with Gasteiger partial charge in [0.1, 0.15) is 22.5 Å². The molecule has 2 aromatic carbocycles. The molecule has 8 heteroatoms. The van der Waals surface area contributed by atoms with Crippen molar-refractivity contribution in [3.05, 3.63) is 69.5 Å². The van der Waals surface area contributed by atoms with Gasteiger partial charge < -0.3 is 9.64 Å². The van der Waals surface area contributed by atoms with Gasteiger partial charge in [0.15, 0.2) is 6.61 Å². The highest BCUT2D eigenvalue weighted by atomic mass is 35.5. The molecule has 0 fully saturated rings. The number of nitriles is 1. The minimum absolute atomic E-state index is 0.127. The van der Waals surface area contributed by atoms with Crippen molar-refractivity contribution >= 4 is 40.8 Å². The van der Waals surface area contributed by atoms with Crippen LogP contribution in [0.3, 0.4) is 0 Å². The van der Waals surface area contributed by atoms with E-state index in [4.69, 9.17) is 16.3 Å². The van der Waals surface area contributed by atoms with Gasteiger partial charge in [-0.2, -0.15) is 5.26 Å². The molecule has 0 N–H and O–H groups in total. The summed E-state index contributed by atoms with van der Waals surface area (Å²) in [6.45, 7) is -0.679. The summed E-state index contributed by atoms with van der Waals surface area (Å²) in [5.74, 6) is -2.51. The number of ketones is 1. The van der Waals surface area contributed by atoms with Crippen LogP contribution in [0.5, 0.6) is 0 Å². The first kappa shape index (κ1) is 19.0. The second kappa shape index (κ2) is 7.82. The molecule has 0 spiro atoms. The normalized spacial score (nSPS) is 14.4. The molecule has 0 saturated heterocycles. The molecule has 0 aliphatic carbocycles. The van der Waals surface area contributed by atoms with Crippen molar-refractivity contribution in [3.8, 4) is 6.07 Å². The summed E-state index contributed by atoms with van der Waals surface area (Å²) in [7, 11) is 1.74. The number of carbonyl (C=O) groups excluding carboxylic acids is 2. The first-order valence-corrected chi connectivity index (χ1v) is 8.92. The van der Waals surface area contributed by atoms with Gasteiger partial charge >= 0.3 is 5.97 Å². The third kappa shape index (κ3) is 3.82. The number of esters is 1. The average molecular weight is 403 g/mol. The van der Waals surface area contributed by atoms with Gasteiger partial charge in [0.25, 0.3) is 0 Å². The van der Waals surface area contributed by atoms with Crippen molar-refractivity contribution in [2.24, 2.45) is 0 Å². The number of para-hydroxylation sites is 1. The Morgan fingerprint density at radius 1 is 1.30 bits per heavy atom. The van der Waals surface area contributed by atoms with Crippen LogP contribution in [0.15, 0.2) is 58.0 Å². The van der Waals surface area contributed by atoms with Crippen LogP contribution in [0.4, 0.5) is 10.1 Å². The Morgan fingerprint density at radius 3 is 2.74 bits per heavy atom. The van der Waals surface area contributed by atoms with Crippen molar-refractivity contribution in [2.75, 3.05) is 18.6 Å². The summed E-state index contributed by atoms with van der Waals surface area (Å²) in [5.41, 5.74) is 0.371. The van der Waals surface area contributed by atoms with Crippen LogP contribution in [0.2, 0.25) is 5.02 Å². The maximum absolute atomic E-state index is 13.7. The fraction of sp³-hybridized carbons (Fsp3) is 0.105. The molecule has 2 aromatic rings. The largest absolute Gasteiger partial charge is 0.454 e. The van der Waals surface area contributed by atoms with Crippen molar-refractivity contribution in [2.45, 2.75) is 4.90 Å². The summed E-state index contributed by atoms with van der Waals surface area (Å²) < 4.78 is 18.6. The van der Waals surface area contributed by atoms with Gasteiger partial charge in [-0.05, 0) is 30.3 Å². The number of fused-ring (bicyclic) bond motifs is 1. The highest BCUT2D eigenvalue weighted by Crippen LogP contribution is 2.46. The maximum atomic E-state index is 13.7. The standard InChI is InChI=1S/C19H12ClFN2O3S/c1-23-15-4-2-3-5-17(15)27-18(23)13(9-22)16(24)10-26-19(25)12-8-11(20)6-7-14(12)21/h2-8H,10H2,1H3/b18-13+. The van der Waals surface area contributed by atoms with Crippen LogP contribution in [0.1, 0.15) is 10.4 Å². The molecular formula is C19H12ClFN2O3S. The quantitative estimate of drug-likeness (QED) is 0.434. The van der Waals surface area contributed by atoms with Gasteiger partial charge in [-0.25, -0.2) is 9.18 Å². The Morgan fingerprint density at radius 2 is 2.04 bits per heavy atom. The van der Waals surface area contributed by atoms with E-state index in [0.717, 1.165) is 22.7 Å². The molecule has 3 rings (SSSR count). The number of thioether (sulfide) groups is 1. The Labute approximate surface area is 164 Å². The number of hydrogen-bond donors (Lipinski definition) is 0. The second-order valence-corrected chi connectivity index (χ2v) is 7.01. The number of Topliss-reactive ketones (excluding diaryl/α,β-unsaturated/α-hetero) is 1. The van der Waals surface area contributed by atoms with Crippen LogP contribution in [-0.2, 0) is 9.53 Å². The molecule has 0 amide bonds. The number of nitrogens with zero attached hydrogens (tertiary/aromatic N) is 2. The minimum atomic E-state index is -1.03. The zero-order valence-corrected chi connectivity index (χ0v) is 15.6. The fourth-order valence-corrected chi connectivity index (χ4v) is 3.82. The highest BCUT2D eigenvalue weighted by molar-refractivity contribution is 8.03. The monoisotopic (exact) mass is 402 g/mol. The predicted molar refractivity (Wildman–Crippen MR) is 100 cm³/mol. The molecule has 0 radical (unpaired) electrons. The lowest BCUT2D eigenvalue weighted by molar-refractivity contribution is -0.118. The van der Waals surface area contributed by atoms with E-state index in [2.05, 4.69) is 0 Å². The summed E-state index contributed by atoms with van der Waals surface area (Å²) >= 11 is 7.03. The van der Waals surface area contributed by atoms with E-state index in [1.165, 1.54) is 17.8 Å². The maximum Gasteiger partial charge on any atom is 0.341 e. The molecule has 1 heterocycles. The lowest BCUT2D eigenvalue weighted by Gasteiger charge is -2.14. The average Bonchev–Trinajstić information content (AvgIpc) is 2.99. The molecule has 27 heavy (non-hydrogen) atoms. The van der Waals surface area contributed by atoms with E-state index < -0.39 is 24.2 Å². The number of halogens is 2. The third-order valence-electron chi connectivity index (χ3n) is 3.83. The zero-order valence-electron chi connectivity index (χ0n) is 14.0. The van der Waals surface area contributed by atoms with Crippen molar-refractivity contribution in [3.63, 3.8) is 0 Å². The van der Waals surface area contributed by atoms with Crippen LogP contribution in [0.25, 0.3) is 0 Å². The Hall–Kier alpha value is -2.82. The molecule has 0 saturated carbocycles. The highest BCUT2D eigenvalue weighted by Gasteiger charge is 2.28. The summed E-state index contributed by atoms with van der Waals surface area (Å²) in [5, 5.41) is 10.0. The Balaban J connectivity index is 1.76. The number of benzene rings is 2. The number of anilines is 1. The Bertz CT molecular complexity index is 1020. The third-order valence-corrected chi connectivity index (χ3v) is 5.30. The molecule has 136 valence electrons. The first-order valence-electron chi connectivity index (χ1n) is 7.72. The van der Waals surface area contributed by atoms with Gasteiger partial charge in [-0.3, -0.25) is 4.79 Å². The van der Waals surface area contributed by atoms with Crippen LogP contribution in [0, 0.1) is 17.1 Å². The van der Waals surface area contributed by atoms with E-state index in [9.17, 15) is 19.2 Å². The molecule has 0 aromatic heterocycles. The van der Waals surface area contributed by atoms with Crippen molar-refractivity contribution in [1.29, 1.82) is 5.26 Å². The summed E-state index contributed by atoms with van der Waals surface area (Å²) in [6, 6.07) is 12.8. The van der Waals surface area contributed by atoms with Gasteiger partial charge in [-0.1, -0.05) is 35.5 Å². The molecule has 1 aliphatic rings. The van der Waals surface area contributed by atoms with Gasteiger partial charge in [0.05, 0.1) is 11.3 Å². The molecule has 1 aliphatic heterocycles. The van der Waals surface area contributed by atoms with E-state index in [-0.39, 0.29) is 16.2 Å². The van der Waals surface area contributed by atoms with Crippen LogP contribution < -0.4 is 4.90 Å². The van der Waals surface area contributed by atoms with E-state index in [1.54, 1.807) is 11.9 Å². The topological polar surface area (TPSA) is 70.4 Å². The van der Waals surface area contributed by atoms with Gasteiger partial charge in [0.2, 0.25) is 5.78 Å². The fourth-order valence-electron chi connectivity index (χ4n) is 2.49. The van der Waals surface area contributed by atoms with E-state index in [0.29, 0.717) is 5.03 Å². The van der Waals surface area contributed by atoms with Crippen LogP contribution in [-0.4, -0.2) is 25.4 Å². The first-order chi connectivity index (χ1) is 12.9. The molecule has 5 nitrogen and oxygen atoms in total. The molecule has 0 unspecified atom stereocenters. The van der Waals surface area contributed by atoms with Crippen molar-refractivity contribution < 1.29 is 18.7 Å². The lowest BCUT2D eigenvalue weighted by atomic mass is 10.2. The van der Waals surface area contributed by atoms with Crippen molar-refractivity contribution in [1.82, 2.24) is 0 Å². The smallest absolute Gasteiger partial charge is 0.341 e. The summed E-state index contributed by atoms with van der Waals surface area (Å²) in [4.78, 5) is 27.1. The lowest BCUT2D eigenvalue weighted by Crippen LogP contribution is -2.20. The number of rotatable bonds is 4. The molecule has 0 atom stereocenters. The Kier molecular flexibility index (Phi) is 5.49. The number of hydrogen-bond acceptors (Lipinski definition) is 6. The molecule has 0 bridgehead atoms. The van der Waals surface area contributed by atoms with E-state index in [1.807, 2.05) is 30.3 Å². The molecular weight excluding hydrogens is 391 g/mol. The SMILES string of the molecule is CN1/C(=C(/C#N)C(=O)COC(=O)c2cc(Cl)ccc2F)Sc2ccccc21. The summed E-state index contributed by atoms with van der Waals surface area (Å²) in [6.07, 6.45) is 0. The van der Waals surface area contributed by atoms with Crippen LogP contribution >= 0.6 is 23.4 Å².